The van der Waals surface area contributed by atoms with Crippen LogP contribution >= 0.6 is 11.6 Å². The minimum atomic E-state index is -4.69. The number of aromatic nitrogens is 2. The second kappa shape index (κ2) is 9.66. The van der Waals surface area contributed by atoms with Gasteiger partial charge >= 0.3 is 39.9 Å². The molecule has 0 aliphatic heterocycles. The van der Waals surface area contributed by atoms with Gasteiger partial charge in [0.15, 0.2) is 0 Å². The summed E-state index contributed by atoms with van der Waals surface area (Å²) in [5, 5.41) is 24.1. The molecule has 1 heterocycles. The fraction of sp³-hybridized carbons (Fsp3) is 0.0833. The number of rotatable bonds is 6. The SMILES string of the molecule is COc1cc(Cl)nc(N/C([O-])=N/S(=O)(=O)Oc2ccc([N+](=O)[O-])cc2)n1.[Na+]. The molecule has 0 radical (unpaired) electrons. The van der Waals surface area contributed by atoms with Gasteiger partial charge < -0.3 is 19.3 Å². The Morgan fingerprint density at radius 2 is 1.93 bits per heavy atom. The zero-order chi connectivity index (χ0) is 19.3. The summed E-state index contributed by atoms with van der Waals surface area (Å²) in [6.45, 7) is 0. The molecule has 1 N–H and O–H groups in total. The van der Waals surface area contributed by atoms with Gasteiger partial charge in [-0.05, 0) is 12.1 Å². The third-order valence-electron chi connectivity index (χ3n) is 2.54. The second-order valence-electron chi connectivity index (χ2n) is 4.34. The summed E-state index contributed by atoms with van der Waals surface area (Å²) >= 11 is 5.68. The summed E-state index contributed by atoms with van der Waals surface area (Å²) < 4.78 is 35.7. The van der Waals surface area contributed by atoms with Gasteiger partial charge in [-0.25, -0.2) is 4.98 Å². The number of nitro groups is 1. The van der Waals surface area contributed by atoms with Crippen molar-refractivity contribution < 1.29 is 56.9 Å². The maximum Gasteiger partial charge on any atom is 1.00 e. The molecule has 27 heavy (non-hydrogen) atoms. The first-order valence-corrected chi connectivity index (χ1v) is 8.24. The average Bonchev–Trinajstić information content (AvgIpc) is 2.53. The predicted octanol–water partition coefficient (Wildman–Crippen LogP) is -2.50. The first-order valence-electron chi connectivity index (χ1n) is 6.50. The Bertz CT molecular complexity index is 955. The number of methoxy groups -OCH3 is 1. The van der Waals surface area contributed by atoms with E-state index in [-0.39, 0.29) is 58.0 Å². The fourth-order valence-corrected chi connectivity index (χ4v) is 2.35. The van der Waals surface area contributed by atoms with Crippen LogP contribution in [-0.2, 0) is 10.3 Å². The maximum atomic E-state index is 11.7. The molecule has 0 aliphatic rings. The van der Waals surface area contributed by atoms with Crippen LogP contribution in [0.3, 0.4) is 0 Å². The summed E-state index contributed by atoms with van der Waals surface area (Å²) in [6, 6.07) is 4.04. The molecule has 0 bridgehead atoms. The monoisotopic (exact) mass is 425 g/mol. The van der Waals surface area contributed by atoms with Crippen LogP contribution in [0.1, 0.15) is 0 Å². The van der Waals surface area contributed by atoms with Crippen molar-refractivity contribution in [2.75, 3.05) is 12.4 Å². The molecule has 12 nitrogen and oxygen atoms in total. The van der Waals surface area contributed by atoms with E-state index in [0.29, 0.717) is 0 Å². The van der Waals surface area contributed by atoms with Crippen molar-refractivity contribution in [1.82, 2.24) is 9.97 Å². The van der Waals surface area contributed by atoms with Crippen molar-refractivity contribution in [3.63, 3.8) is 0 Å². The van der Waals surface area contributed by atoms with Gasteiger partial charge in [0.25, 0.3) is 5.69 Å². The van der Waals surface area contributed by atoms with Gasteiger partial charge in [-0.1, -0.05) is 11.6 Å². The minimum absolute atomic E-state index is 0. The molecule has 0 fully saturated rings. The van der Waals surface area contributed by atoms with Gasteiger partial charge in [0.1, 0.15) is 10.9 Å². The Labute approximate surface area is 179 Å². The minimum Gasteiger partial charge on any atom is -0.845 e. The first-order chi connectivity index (χ1) is 12.2. The number of nitrogens with one attached hydrogen (secondary N) is 1. The van der Waals surface area contributed by atoms with Crippen LogP contribution in [0.2, 0.25) is 5.15 Å². The molecule has 0 saturated heterocycles. The standard InChI is InChI=1S/C12H10ClN5O7S.Na/c1-24-10-6-9(13)14-11(15-10)16-12(19)17-26(22,23)25-8-4-2-7(3-5-8)18(20)21;/h2-6H,1H3,(H2,14,15,16,17,19);/q;+1/p-1. The average molecular weight is 426 g/mol. The number of ether oxygens (including phenoxy) is 1. The number of hydrogen-bond donors (Lipinski definition) is 1. The van der Waals surface area contributed by atoms with Crippen LogP contribution < -0.4 is 48.9 Å². The summed E-state index contributed by atoms with van der Waals surface area (Å²) in [5.74, 6) is -0.577. The molecule has 1 aromatic heterocycles. The van der Waals surface area contributed by atoms with Crippen molar-refractivity contribution in [3.8, 4) is 11.6 Å². The number of amidine groups is 1. The van der Waals surface area contributed by atoms with Crippen molar-refractivity contribution in [2.45, 2.75) is 0 Å². The van der Waals surface area contributed by atoms with Crippen molar-refractivity contribution in [2.24, 2.45) is 4.40 Å². The van der Waals surface area contributed by atoms with E-state index in [1.807, 2.05) is 5.32 Å². The van der Waals surface area contributed by atoms with E-state index < -0.39 is 21.2 Å². The van der Waals surface area contributed by atoms with Crippen molar-refractivity contribution >= 4 is 39.6 Å². The topological polar surface area (TPSA) is 169 Å². The van der Waals surface area contributed by atoms with E-state index in [4.69, 9.17) is 16.3 Å². The molecule has 2 aromatic rings. The van der Waals surface area contributed by atoms with Crippen LogP contribution in [0.5, 0.6) is 11.6 Å². The van der Waals surface area contributed by atoms with Crippen LogP contribution in [0.15, 0.2) is 34.7 Å². The molecule has 15 heteroatoms. The van der Waals surface area contributed by atoms with Gasteiger partial charge in [0.2, 0.25) is 11.8 Å². The van der Waals surface area contributed by atoms with E-state index >= 15 is 0 Å². The number of anilines is 1. The molecular formula is C12H9ClN5NaO7S. The Hall–Kier alpha value is -2.19. The van der Waals surface area contributed by atoms with Gasteiger partial charge in [-0.15, -0.1) is 4.40 Å². The zero-order valence-electron chi connectivity index (χ0n) is 13.8. The number of hydrogen-bond acceptors (Lipinski definition) is 9. The number of non-ortho nitro benzene ring substituents is 1. The largest absolute Gasteiger partial charge is 1.00 e. The molecule has 0 spiro atoms. The number of benzene rings is 1. The Balaban J connectivity index is 0.00000364. The van der Waals surface area contributed by atoms with Crippen molar-refractivity contribution in [3.05, 3.63) is 45.6 Å². The van der Waals surface area contributed by atoms with E-state index in [0.717, 1.165) is 24.3 Å². The molecule has 0 atom stereocenters. The van der Waals surface area contributed by atoms with Gasteiger partial charge in [-0.3, -0.25) is 10.1 Å². The summed E-state index contributed by atoms with van der Waals surface area (Å²) in [7, 11) is -3.39. The van der Waals surface area contributed by atoms with Gasteiger partial charge in [-0.2, -0.15) is 13.4 Å². The van der Waals surface area contributed by atoms with Crippen LogP contribution in [0.4, 0.5) is 11.6 Å². The van der Waals surface area contributed by atoms with Gasteiger partial charge in [0, 0.05) is 18.2 Å². The normalized spacial score (nSPS) is 11.3. The third kappa shape index (κ3) is 7.15. The molecule has 0 unspecified atom stereocenters. The fourth-order valence-electron chi connectivity index (χ4n) is 1.54. The van der Waals surface area contributed by atoms with Crippen molar-refractivity contribution in [1.29, 1.82) is 0 Å². The predicted molar refractivity (Wildman–Crippen MR) is 87.3 cm³/mol. The maximum absolute atomic E-state index is 11.7. The quantitative estimate of drug-likeness (QED) is 0.130. The number of nitro benzene ring substituents is 1. The smallest absolute Gasteiger partial charge is 0.845 e. The third-order valence-corrected chi connectivity index (χ3v) is 3.53. The molecule has 2 rings (SSSR count). The summed E-state index contributed by atoms with van der Waals surface area (Å²) in [4.78, 5) is 17.2. The molecule has 138 valence electrons. The molecular weight excluding hydrogens is 417 g/mol. The van der Waals surface area contributed by atoms with E-state index in [1.165, 1.54) is 13.2 Å². The van der Waals surface area contributed by atoms with Crippen LogP contribution in [0.25, 0.3) is 0 Å². The summed E-state index contributed by atoms with van der Waals surface area (Å²) in [6.07, 6.45) is 0. The molecule has 1 aromatic carbocycles. The Morgan fingerprint density at radius 3 is 2.48 bits per heavy atom. The second-order valence-corrected chi connectivity index (χ2v) is 5.93. The Morgan fingerprint density at radius 1 is 1.30 bits per heavy atom. The van der Waals surface area contributed by atoms with E-state index in [9.17, 15) is 23.6 Å². The molecule has 0 saturated carbocycles. The summed E-state index contributed by atoms with van der Waals surface area (Å²) in [5.41, 5.74) is -0.267. The number of nitrogens with zero attached hydrogens (tertiary/aromatic N) is 4. The Kier molecular flexibility index (Phi) is 8.18. The van der Waals surface area contributed by atoms with Crippen LogP contribution in [-0.4, -0.2) is 36.4 Å². The van der Waals surface area contributed by atoms with Gasteiger partial charge in [0.05, 0.1) is 18.1 Å². The van der Waals surface area contributed by atoms with E-state index in [2.05, 4.69) is 18.5 Å². The van der Waals surface area contributed by atoms with E-state index in [1.54, 1.807) is 0 Å². The number of halogens is 1. The van der Waals surface area contributed by atoms with Crippen LogP contribution in [0, 0.1) is 10.1 Å². The first kappa shape index (κ1) is 22.9. The zero-order valence-corrected chi connectivity index (χ0v) is 17.4. The molecule has 0 aliphatic carbocycles. The molecule has 0 amide bonds.